The van der Waals surface area contributed by atoms with Crippen LogP contribution in [0.1, 0.15) is 13.8 Å². The quantitative estimate of drug-likeness (QED) is 0.468. The summed E-state index contributed by atoms with van der Waals surface area (Å²) in [7, 11) is 0. The van der Waals surface area contributed by atoms with Crippen LogP contribution in [0.3, 0.4) is 0 Å². The largest absolute Gasteiger partial charge is 0.461 e. The molecule has 20 heavy (non-hydrogen) atoms. The SMILES string of the molecule is CCOC(=O)/C(C)=N/NC(=O)CNc1ccc(F)cc1. The molecule has 0 atom stereocenters. The van der Waals surface area contributed by atoms with E-state index in [1.165, 1.54) is 31.2 Å². The molecule has 0 unspecified atom stereocenters. The van der Waals surface area contributed by atoms with Crippen molar-refractivity contribution in [2.75, 3.05) is 18.5 Å². The van der Waals surface area contributed by atoms with Gasteiger partial charge in [-0.15, -0.1) is 0 Å². The van der Waals surface area contributed by atoms with Gasteiger partial charge in [0.25, 0.3) is 5.91 Å². The van der Waals surface area contributed by atoms with E-state index in [1.807, 2.05) is 0 Å². The van der Waals surface area contributed by atoms with E-state index in [4.69, 9.17) is 4.74 Å². The lowest BCUT2D eigenvalue weighted by Crippen LogP contribution is -2.28. The molecule has 0 fully saturated rings. The van der Waals surface area contributed by atoms with Gasteiger partial charge in [0.05, 0.1) is 13.2 Å². The molecule has 1 rings (SSSR count). The van der Waals surface area contributed by atoms with Crippen LogP contribution in [0.15, 0.2) is 29.4 Å². The number of hydrogen-bond acceptors (Lipinski definition) is 5. The molecule has 0 aromatic heterocycles. The topological polar surface area (TPSA) is 79.8 Å². The van der Waals surface area contributed by atoms with Gasteiger partial charge >= 0.3 is 5.97 Å². The maximum Gasteiger partial charge on any atom is 0.354 e. The highest BCUT2D eigenvalue weighted by molar-refractivity contribution is 6.35. The van der Waals surface area contributed by atoms with Crippen molar-refractivity contribution in [1.82, 2.24) is 5.43 Å². The van der Waals surface area contributed by atoms with Crippen molar-refractivity contribution < 1.29 is 18.7 Å². The predicted octanol–water partition coefficient (Wildman–Crippen LogP) is 1.29. The van der Waals surface area contributed by atoms with Crippen LogP contribution in [0.2, 0.25) is 0 Å². The smallest absolute Gasteiger partial charge is 0.354 e. The molecule has 7 heteroatoms. The van der Waals surface area contributed by atoms with Crippen LogP contribution in [0.4, 0.5) is 10.1 Å². The van der Waals surface area contributed by atoms with Crippen LogP contribution in [-0.2, 0) is 14.3 Å². The van der Waals surface area contributed by atoms with Crippen LogP contribution in [0.5, 0.6) is 0 Å². The van der Waals surface area contributed by atoms with E-state index in [9.17, 15) is 14.0 Å². The zero-order valence-corrected chi connectivity index (χ0v) is 11.3. The fourth-order valence-electron chi connectivity index (χ4n) is 1.22. The molecule has 0 aliphatic carbocycles. The van der Waals surface area contributed by atoms with Crippen molar-refractivity contribution in [2.45, 2.75) is 13.8 Å². The number of carbonyl (C=O) groups excluding carboxylic acids is 2. The van der Waals surface area contributed by atoms with Gasteiger partial charge in [0.2, 0.25) is 0 Å². The van der Waals surface area contributed by atoms with Gasteiger partial charge in [0.1, 0.15) is 11.5 Å². The van der Waals surface area contributed by atoms with Gasteiger partial charge in [0.15, 0.2) is 0 Å². The summed E-state index contributed by atoms with van der Waals surface area (Å²) in [6, 6.07) is 5.58. The maximum atomic E-state index is 12.7. The zero-order valence-electron chi connectivity index (χ0n) is 11.3. The second-order valence-corrected chi connectivity index (χ2v) is 3.81. The first-order valence-corrected chi connectivity index (χ1v) is 6.02. The van der Waals surface area contributed by atoms with Gasteiger partial charge in [-0.05, 0) is 38.1 Å². The van der Waals surface area contributed by atoms with E-state index >= 15 is 0 Å². The molecule has 1 aromatic carbocycles. The molecule has 1 aromatic rings. The Kier molecular flexibility index (Phi) is 6.15. The third kappa shape index (κ3) is 5.47. The highest BCUT2D eigenvalue weighted by Gasteiger charge is 2.07. The molecule has 0 aliphatic rings. The monoisotopic (exact) mass is 281 g/mol. The molecule has 0 spiro atoms. The summed E-state index contributed by atoms with van der Waals surface area (Å²) in [5.74, 6) is -1.37. The number of ether oxygens (including phenoxy) is 1. The first kappa shape index (κ1) is 15.6. The summed E-state index contributed by atoms with van der Waals surface area (Å²) in [4.78, 5) is 22.7. The number of hydrogen-bond donors (Lipinski definition) is 2. The standard InChI is InChI=1S/C13H16FN3O3/c1-3-20-13(19)9(2)16-17-12(18)8-15-11-6-4-10(14)5-7-11/h4-7,15H,3,8H2,1-2H3,(H,17,18)/b16-9+. The van der Waals surface area contributed by atoms with Crippen LogP contribution in [0.25, 0.3) is 0 Å². The Morgan fingerprint density at radius 2 is 1.95 bits per heavy atom. The molecule has 0 radical (unpaired) electrons. The number of halogens is 1. The molecule has 0 bridgehead atoms. The summed E-state index contributed by atoms with van der Waals surface area (Å²) in [5.41, 5.74) is 2.88. The van der Waals surface area contributed by atoms with Crippen molar-refractivity contribution in [3.63, 3.8) is 0 Å². The summed E-state index contributed by atoms with van der Waals surface area (Å²) in [6.45, 7) is 3.30. The number of rotatable bonds is 6. The molecule has 108 valence electrons. The molecule has 2 N–H and O–H groups in total. The van der Waals surface area contributed by atoms with Gasteiger partial charge < -0.3 is 10.1 Å². The van der Waals surface area contributed by atoms with Crippen molar-refractivity contribution in [2.24, 2.45) is 5.10 Å². The lowest BCUT2D eigenvalue weighted by atomic mass is 10.3. The molecule has 6 nitrogen and oxygen atoms in total. The number of amides is 1. The van der Waals surface area contributed by atoms with E-state index in [-0.39, 0.29) is 24.7 Å². The highest BCUT2D eigenvalue weighted by Crippen LogP contribution is 2.07. The van der Waals surface area contributed by atoms with Crippen LogP contribution in [0, 0.1) is 5.82 Å². The minimum absolute atomic E-state index is 0.0504. The number of nitrogens with one attached hydrogen (secondary N) is 2. The third-order valence-electron chi connectivity index (χ3n) is 2.22. The van der Waals surface area contributed by atoms with E-state index in [0.29, 0.717) is 5.69 Å². The minimum Gasteiger partial charge on any atom is -0.461 e. The maximum absolute atomic E-state index is 12.7. The molecular formula is C13H16FN3O3. The minimum atomic E-state index is -0.584. The summed E-state index contributed by atoms with van der Waals surface area (Å²) >= 11 is 0. The Bertz CT molecular complexity index is 500. The Labute approximate surface area is 116 Å². The van der Waals surface area contributed by atoms with Gasteiger partial charge in [-0.1, -0.05) is 0 Å². The van der Waals surface area contributed by atoms with Crippen LogP contribution >= 0.6 is 0 Å². The van der Waals surface area contributed by atoms with Gasteiger partial charge in [-0.25, -0.2) is 14.6 Å². The zero-order chi connectivity index (χ0) is 15.0. The van der Waals surface area contributed by atoms with E-state index in [2.05, 4.69) is 15.8 Å². The second kappa shape index (κ2) is 7.88. The summed E-state index contributed by atoms with van der Waals surface area (Å²) in [6.07, 6.45) is 0. The number of nitrogens with zero attached hydrogens (tertiary/aromatic N) is 1. The third-order valence-corrected chi connectivity index (χ3v) is 2.22. The van der Waals surface area contributed by atoms with Gasteiger partial charge in [-0.2, -0.15) is 5.10 Å². The molecule has 0 heterocycles. The second-order valence-electron chi connectivity index (χ2n) is 3.81. The van der Waals surface area contributed by atoms with Gasteiger partial charge in [0, 0.05) is 5.69 Å². The van der Waals surface area contributed by atoms with Gasteiger partial charge in [-0.3, -0.25) is 4.79 Å². The fraction of sp³-hybridized carbons (Fsp3) is 0.308. The Hall–Kier alpha value is -2.44. The number of benzene rings is 1. The average Bonchev–Trinajstić information content (AvgIpc) is 2.44. The average molecular weight is 281 g/mol. The number of carbonyl (C=O) groups is 2. The Morgan fingerprint density at radius 3 is 2.55 bits per heavy atom. The van der Waals surface area contributed by atoms with E-state index in [1.54, 1.807) is 6.92 Å². The van der Waals surface area contributed by atoms with Crippen molar-refractivity contribution in [1.29, 1.82) is 0 Å². The normalized spacial score (nSPS) is 10.8. The fourth-order valence-corrected chi connectivity index (χ4v) is 1.22. The number of hydrazone groups is 1. The molecule has 0 saturated heterocycles. The van der Waals surface area contributed by atoms with E-state index in [0.717, 1.165) is 0 Å². The first-order valence-electron chi connectivity index (χ1n) is 6.02. The van der Waals surface area contributed by atoms with Crippen LogP contribution < -0.4 is 10.7 Å². The molecule has 1 amide bonds. The van der Waals surface area contributed by atoms with Crippen molar-refractivity contribution in [3.8, 4) is 0 Å². The first-order chi connectivity index (χ1) is 9.52. The molecular weight excluding hydrogens is 265 g/mol. The number of esters is 1. The predicted molar refractivity (Wildman–Crippen MR) is 72.8 cm³/mol. The van der Waals surface area contributed by atoms with E-state index < -0.39 is 11.9 Å². The Balaban J connectivity index is 2.38. The summed E-state index contributed by atoms with van der Waals surface area (Å²) < 4.78 is 17.4. The lowest BCUT2D eigenvalue weighted by molar-refractivity contribution is -0.135. The lowest BCUT2D eigenvalue weighted by Gasteiger charge is -2.05. The number of anilines is 1. The summed E-state index contributed by atoms with van der Waals surface area (Å²) in [5, 5.41) is 6.40. The van der Waals surface area contributed by atoms with Crippen molar-refractivity contribution >= 4 is 23.3 Å². The highest BCUT2D eigenvalue weighted by atomic mass is 19.1. The molecule has 0 saturated carbocycles. The Morgan fingerprint density at radius 1 is 1.30 bits per heavy atom. The molecule has 0 aliphatic heterocycles. The van der Waals surface area contributed by atoms with Crippen LogP contribution in [-0.4, -0.2) is 30.7 Å². The van der Waals surface area contributed by atoms with Crippen molar-refractivity contribution in [3.05, 3.63) is 30.1 Å².